The van der Waals surface area contributed by atoms with Crippen LogP contribution in [0.1, 0.15) is 51.4 Å². The quantitative estimate of drug-likeness (QED) is 0.735. The minimum atomic E-state index is -0.718. The molecule has 0 aromatic carbocycles. The summed E-state index contributed by atoms with van der Waals surface area (Å²) in [7, 11) is 0. The molecule has 0 aromatic heterocycles. The van der Waals surface area contributed by atoms with Gasteiger partial charge in [0.1, 0.15) is 0 Å². The Hall–Kier alpha value is -1.30. The van der Waals surface area contributed by atoms with Gasteiger partial charge in [-0.15, -0.1) is 0 Å². The van der Waals surface area contributed by atoms with Crippen molar-refractivity contribution in [1.29, 1.82) is 0 Å². The first kappa shape index (κ1) is 17.1. The number of urea groups is 1. The largest absolute Gasteiger partial charge is 0.481 e. The zero-order valence-electron chi connectivity index (χ0n) is 13.4. The summed E-state index contributed by atoms with van der Waals surface area (Å²) in [4.78, 5) is 27.0. The van der Waals surface area contributed by atoms with Crippen LogP contribution >= 0.6 is 0 Å². The van der Waals surface area contributed by atoms with E-state index in [1.165, 1.54) is 19.3 Å². The van der Waals surface area contributed by atoms with Crippen molar-refractivity contribution in [2.75, 3.05) is 32.7 Å². The van der Waals surface area contributed by atoms with Crippen LogP contribution < -0.4 is 5.32 Å². The number of carboxylic acid groups (broad SMARTS) is 1. The number of aliphatic carboxylic acids is 1. The summed E-state index contributed by atoms with van der Waals surface area (Å²) in [6.07, 6.45) is 7.91. The molecule has 0 aromatic rings. The minimum Gasteiger partial charge on any atom is -0.481 e. The maximum atomic E-state index is 12.2. The zero-order valence-corrected chi connectivity index (χ0v) is 13.4. The smallest absolute Gasteiger partial charge is 0.317 e. The fourth-order valence-corrected chi connectivity index (χ4v) is 3.30. The summed E-state index contributed by atoms with van der Waals surface area (Å²) in [5, 5.41) is 11.8. The molecule has 2 N–H and O–H groups in total. The van der Waals surface area contributed by atoms with Gasteiger partial charge < -0.3 is 15.3 Å². The van der Waals surface area contributed by atoms with Gasteiger partial charge in [-0.3, -0.25) is 9.69 Å². The highest BCUT2D eigenvalue weighted by atomic mass is 16.4. The van der Waals surface area contributed by atoms with Crippen molar-refractivity contribution in [3.05, 3.63) is 0 Å². The summed E-state index contributed by atoms with van der Waals surface area (Å²) in [5.74, 6) is -0.718. The van der Waals surface area contributed by atoms with Crippen LogP contribution in [0.25, 0.3) is 0 Å². The molecule has 6 heteroatoms. The zero-order chi connectivity index (χ0) is 15.8. The molecule has 1 saturated carbocycles. The van der Waals surface area contributed by atoms with Crippen LogP contribution in [0.5, 0.6) is 0 Å². The molecule has 126 valence electrons. The van der Waals surface area contributed by atoms with Gasteiger partial charge in [-0.1, -0.05) is 19.3 Å². The Balaban J connectivity index is 1.59. The van der Waals surface area contributed by atoms with Gasteiger partial charge in [-0.05, 0) is 32.2 Å². The predicted octanol–water partition coefficient (Wildman–Crippen LogP) is 1.90. The van der Waals surface area contributed by atoms with Crippen LogP contribution in [0.4, 0.5) is 4.79 Å². The Kier molecular flexibility index (Phi) is 6.96. The van der Waals surface area contributed by atoms with Crippen LogP contribution in [0, 0.1) is 0 Å². The van der Waals surface area contributed by atoms with Crippen LogP contribution in [-0.4, -0.2) is 65.7 Å². The van der Waals surface area contributed by atoms with Crippen LogP contribution in [0.3, 0.4) is 0 Å². The molecular weight excluding hydrogens is 282 g/mol. The molecular formula is C16H29N3O3. The number of rotatable bonds is 6. The number of piperazine rings is 1. The number of hydrogen-bond acceptors (Lipinski definition) is 3. The van der Waals surface area contributed by atoms with E-state index in [1.807, 2.05) is 4.90 Å². The number of carbonyl (C=O) groups excluding carboxylic acids is 1. The summed E-state index contributed by atoms with van der Waals surface area (Å²) < 4.78 is 0. The van der Waals surface area contributed by atoms with Crippen molar-refractivity contribution >= 4 is 12.0 Å². The molecule has 1 aliphatic carbocycles. The molecule has 22 heavy (non-hydrogen) atoms. The molecule has 0 radical (unpaired) electrons. The molecule has 0 spiro atoms. The van der Waals surface area contributed by atoms with Gasteiger partial charge in [0, 0.05) is 38.6 Å². The third-order valence-electron chi connectivity index (χ3n) is 4.71. The van der Waals surface area contributed by atoms with Crippen molar-refractivity contribution in [3.8, 4) is 0 Å². The molecule has 0 bridgehead atoms. The van der Waals surface area contributed by atoms with Gasteiger partial charge in [0.15, 0.2) is 0 Å². The second-order valence-corrected chi connectivity index (χ2v) is 6.46. The third kappa shape index (κ3) is 5.83. The Bertz CT molecular complexity index is 362. The van der Waals surface area contributed by atoms with Crippen molar-refractivity contribution in [3.63, 3.8) is 0 Å². The number of nitrogens with zero attached hydrogens (tertiary/aromatic N) is 2. The van der Waals surface area contributed by atoms with Crippen molar-refractivity contribution in [1.82, 2.24) is 15.1 Å². The summed E-state index contributed by atoms with van der Waals surface area (Å²) in [6.45, 7) is 4.27. The predicted molar refractivity (Wildman–Crippen MR) is 84.9 cm³/mol. The summed E-state index contributed by atoms with van der Waals surface area (Å²) >= 11 is 0. The van der Waals surface area contributed by atoms with Crippen molar-refractivity contribution in [2.45, 2.75) is 57.4 Å². The van der Waals surface area contributed by atoms with Crippen LogP contribution in [0.15, 0.2) is 0 Å². The van der Waals surface area contributed by atoms with E-state index in [-0.39, 0.29) is 12.5 Å². The molecule has 2 rings (SSSR count). The van der Waals surface area contributed by atoms with E-state index in [2.05, 4.69) is 10.2 Å². The Morgan fingerprint density at radius 2 is 1.68 bits per heavy atom. The van der Waals surface area contributed by atoms with E-state index >= 15 is 0 Å². The lowest BCUT2D eigenvalue weighted by Crippen LogP contribution is -2.53. The number of hydrogen-bond donors (Lipinski definition) is 2. The molecule has 2 fully saturated rings. The highest BCUT2D eigenvalue weighted by Crippen LogP contribution is 2.17. The molecule has 1 aliphatic heterocycles. The van der Waals surface area contributed by atoms with Crippen molar-refractivity contribution in [2.24, 2.45) is 0 Å². The maximum absolute atomic E-state index is 12.2. The standard InChI is InChI=1S/C16H29N3O3/c20-15(21)8-4-5-9-18-10-12-19(13-11-18)16(22)17-14-6-2-1-3-7-14/h14H,1-13H2,(H,17,22)(H,20,21). The normalized spacial score (nSPS) is 20.8. The Morgan fingerprint density at radius 1 is 1.00 bits per heavy atom. The molecule has 6 nitrogen and oxygen atoms in total. The Morgan fingerprint density at radius 3 is 2.32 bits per heavy atom. The molecule has 1 saturated heterocycles. The van der Waals surface area contributed by atoms with E-state index in [4.69, 9.17) is 5.11 Å². The summed E-state index contributed by atoms with van der Waals surface area (Å²) in [5.41, 5.74) is 0. The number of amides is 2. The lowest BCUT2D eigenvalue weighted by molar-refractivity contribution is -0.137. The molecule has 2 aliphatic rings. The molecule has 1 heterocycles. The molecule has 0 unspecified atom stereocenters. The number of unbranched alkanes of at least 4 members (excludes halogenated alkanes) is 1. The van der Waals surface area contributed by atoms with Crippen molar-refractivity contribution < 1.29 is 14.7 Å². The number of carbonyl (C=O) groups is 2. The Labute approximate surface area is 132 Å². The fraction of sp³-hybridized carbons (Fsp3) is 0.875. The fourth-order valence-electron chi connectivity index (χ4n) is 3.30. The average molecular weight is 311 g/mol. The third-order valence-corrected chi connectivity index (χ3v) is 4.71. The number of nitrogens with one attached hydrogen (secondary N) is 1. The van der Waals surface area contributed by atoms with Gasteiger partial charge in [0.05, 0.1) is 0 Å². The summed E-state index contributed by atoms with van der Waals surface area (Å²) in [6, 6.07) is 0.465. The monoisotopic (exact) mass is 311 g/mol. The molecule has 0 atom stereocenters. The van der Waals surface area contributed by atoms with E-state index < -0.39 is 5.97 Å². The van der Waals surface area contributed by atoms with Gasteiger partial charge in [-0.25, -0.2) is 4.79 Å². The highest BCUT2D eigenvalue weighted by molar-refractivity contribution is 5.74. The lowest BCUT2D eigenvalue weighted by atomic mass is 9.96. The minimum absolute atomic E-state index is 0.0948. The van der Waals surface area contributed by atoms with Crippen LogP contribution in [0.2, 0.25) is 0 Å². The van der Waals surface area contributed by atoms with E-state index in [9.17, 15) is 9.59 Å². The second-order valence-electron chi connectivity index (χ2n) is 6.46. The second kappa shape index (κ2) is 8.98. The SMILES string of the molecule is O=C(O)CCCCN1CCN(C(=O)NC2CCCCC2)CC1. The van der Waals surface area contributed by atoms with E-state index in [0.29, 0.717) is 6.04 Å². The number of carboxylic acids is 1. The average Bonchev–Trinajstić information content (AvgIpc) is 2.53. The lowest BCUT2D eigenvalue weighted by Gasteiger charge is -2.36. The van der Waals surface area contributed by atoms with E-state index in [0.717, 1.165) is 58.4 Å². The van der Waals surface area contributed by atoms with Crippen LogP contribution in [-0.2, 0) is 4.79 Å². The maximum Gasteiger partial charge on any atom is 0.317 e. The molecule has 2 amide bonds. The first-order chi connectivity index (χ1) is 10.6. The van der Waals surface area contributed by atoms with E-state index in [1.54, 1.807) is 0 Å². The van der Waals surface area contributed by atoms with Gasteiger partial charge in [-0.2, -0.15) is 0 Å². The van der Waals surface area contributed by atoms with Gasteiger partial charge >= 0.3 is 12.0 Å². The topological polar surface area (TPSA) is 72.9 Å². The first-order valence-corrected chi connectivity index (χ1v) is 8.65. The van der Waals surface area contributed by atoms with Gasteiger partial charge in [0.2, 0.25) is 0 Å². The van der Waals surface area contributed by atoms with Gasteiger partial charge in [0.25, 0.3) is 0 Å². The first-order valence-electron chi connectivity index (χ1n) is 8.65. The highest BCUT2D eigenvalue weighted by Gasteiger charge is 2.23.